The van der Waals surface area contributed by atoms with Gasteiger partial charge in [0.2, 0.25) is 5.91 Å². The molecule has 1 aliphatic rings. The van der Waals surface area contributed by atoms with Crippen molar-refractivity contribution in [3.8, 4) is 0 Å². The van der Waals surface area contributed by atoms with E-state index in [1.54, 1.807) is 6.07 Å². The molecule has 0 spiro atoms. The zero-order chi connectivity index (χ0) is 25.5. The van der Waals surface area contributed by atoms with Crippen LogP contribution in [0.2, 0.25) is 0 Å². The lowest BCUT2D eigenvalue weighted by Gasteiger charge is -2.45. The van der Waals surface area contributed by atoms with Crippen LogP contribution in [0.5, 0.6) is 0 Å². The van der Waals surface area contributed by atoms with Crippen molar-refractivity contribution in [2.45, 2.75) is 56.5 Å². The highest BCUT2D eigenvalue weighted by atomic mass is 19.1. The maximum Gasteiger partial charge on any atom is 0.220 e. The molecule has 0 heterocycles. The molecule has 0 aliphatic heterocycles. The predicted molar refractivity (Wildman–Crippen MR) is 142 cm³/mol. The number of nitrogens with one attached hydrogen (secondary N) is 1. The summed E-state index contributed by atoms with van der Waals surface area (Å²) in [6.45, 7) is 0. The third-order valence-electron chi connectivity index (χ3n) is 7.57. The van der Waals surface area contributed by atoms with Crippen LogP contribution in [-0.2, 0) is 17.6 Å². The van der Waals surface area contributed by atoms with Crippen molar-refractivity contribution in [3.05, 3.63) is 107 Å². The second kappa shape index (κ2) is 11.6. The molecule has 1 aliphatic carbocycles. The van der Waals surface area contributed by atoms with Crippen LogP contribution in [0.25, 0.3) is 0 Å². The molecule has 0 radical (unpaired) electrons. The van der Waals surface area contributed by atoms with Gasteiger partial charge in [0.1, 0.15) is 5.82 Å². The van der Waals surface area contributed by atoms with Crippen LogP contribution in [0.15, 0.2) is 78.9 Å². The average molecular weight is 487 g/mol. The molecular formula is C31H35FN2O2. The Balaban J connectivity index is 1.29. The monoisotopic (exact) mass is 486 g/mol. The van der Waals surface area contributed by atoms with E-state index in [1.807, 2.05) is 66.7 Å². The van der Waals surface area contributed by atoms with E-state index in [1.165, 1.54) is 6.07 Å². The Labute approximate surface area is 213 Å². The van der Waals surface area contributed by atoms with Gasteiger partial charge < -0.3 is 10.2 Å². The SMILES string of the molecule is CN(C)C1(Cc2ccccc2F)CCC(NC(=O)CCc2cccc(C(=O)c3ccccc3)c2)CC1. The minimum absolute atomic E-state index is 0.0103. The standard InChI is InChI=1S/C31H35FN2O2/c1-34(2)31(22-26-12-6-7-14-28(26)32)19-17-27(18-20-31)33-29(35)16-15-23-9-8-13-25(21-23)30(36)24-10-4-3-5-11-24/h3-14,21,27H,15-20,22H2,1-2H3,(H,33,35). The van der Waals surface area contributed by atoms with Gasteiger partial charge in [-0.15, -0.1) is 0 Å². The fourth-order valence-electron chi connectivity index (χ4n) is 5.26. The van der Waals surface area contributed by atoms with Gasteiger partial charge in [0.25, 0.3) is 0 Å². The van der Waals surface area contributed by atoms with Gasteiger partial charge in [-0.2, -0.15) is 0 Å². The Morgan fingerprint density at radius 2 is 1.58 bits per heavy atom. The lowest BCUT2D eigenvalue weighted by atomic mass is 9.74. The summed E-state index contributed by atoms with van der Waals surface area (Å²) in [6.07, 6.45) is 5.20. The van der Waals surface area contributed by atoms with Crippen molar-refractivity contribution in [3.63, 3.8) is 0 Å². The fraction of sp³-hybridized carbons (Fsp3) is 0.355. The summed E-state index contributed by atoms with van der Waals surface area (Å²) >= 11 is 0. The molecule has 4 nitrogen and oxygen atoms in total. The first-order valence-electron chi connectivity index (χ1n) is 12.8. The summed E-state index contributed by atoms with van der Waals surface area (Å²) in [5.41, 5.74) is 2.93. The number of nitrogens with zero attached hydrogens (tertiary/aromatic N) is 1. The lowest BCUT2D eigenvalue weighted by molar-refractivity contribution is -0.122. The Morgan fingerprint density at radius 3 is 2.28 bits per heavy atom. The second-order valence-electron chi connectivity index (χ2n) is 10.1. The molecule has 1 saturated carbocycles. The van der Waals surface area contributed by atoms with Crippen molar-refractivity contribution in [1.82, 2.24) is 10.2 Å². The lowest BCUT2D eigenvalue weighted by Crippen LogP contribution is -2.52. The molecule has 1 N–H and O–H groups in total. The Hall–Kier alpha value is -3.31. The van der Waals surface area contributed by atoms with E-state index in [9.17, 15) is 14.0 Å². The topological polar surface area (TPSA) is 49.4 Å². The number of rotatable bonds is 9. The first-order valence-corrected chi connectivity index (χ1v) is 12.8. The number of halogens is 1. The summed E-state index contributed by atoms with van der Waals surface area (Å²) in [5, 5.41) is 3.21. The molecule has 0 unspecified atom stereocenters. The van der Waals surface area contributed by atoms with Crippen molar-refractivity contribution in [1.29, 1.82) is 0 Å². The van der Waals surface area contributed by atoms with Crippen molar-refractivity contribution in [2.75, 3.05) is 14.1 Å². The minimum atomic E-state index is -0.149. The van der Waals surface area contributed by atoms with Crippen molar-refractivity contribution < 1.29 is 14.0 Å². The summed E-state index contributed by atoms with van der Waals surface area (Å²) in [6, 6.07) is 23.9. The quantitative estimate of drug-likeness (QED) is 0.401. The number of hydrogen-bond donors (Lipinski definition) is 1. The van der Waals surface area contributed by atoms with E-state index in [-0.39, 0.29) is 29.1 Å². The Bertz CT molecular complexity index is 1180. The number of aryl methyl sites for hydroxylation is 1. The van der Waals surface area contributed by atoms with Gasteiger partial charge in [0, 0.05) is 29.1 Å². The van der Waals surface area contributed by atoms with Gasteiger partial charge in [-0.05, 0) is 75.9 Å². The highest BCUT2D eigenvalue weighted by Crippen LogP contribution is 2.36. The number of carbonyl (C=O) groups excluding carboxylic acids is 2. The highest BCUT2D eigenvalue weighted by molar-refractivity contribution is 6.09. The normalized spacial score (nSPS) is 19.7. The number of likely N-dealkylation sites (N-methyl/N-ethyl adjacent to an activating group) is 1. The molecule has 36 heavy (non-hydrogen) atoms. The van der Waals surface area contributed by atoms with Crippen LogP contribution in [-0.4, -0.2) is 42.3 Å². The van der Waals surface area contributed by atoms with Crippen LogP contribution >= 0.6 is 0 Å². The van der Waals surface area contributed by atoms with Gasteiger partial charge in [-0.25, -0.2) is 4.39 Å². The Kier molecular flexibility index (Phi) is 8.32. The number of carbonyl (C=O) groups is 2. The minimum Gasteiger partial charge on any atom is -0.353 e. The van der Waals surface area contributed by atoms with Gasteiger partial charge >= 0.3 is 0 Å². The zero-order valence-electron chi connectivity index (χ0n) is 21.2. The number of amides is 1. The molecule has 4 rings (SSSR count). The van der Waals surface area contributed by atoms with Gasteiger partial charge in [-0.3, -0.25) is 9.59 Å². The molecule has 5 heteroatoms. The smallest absolute Gasteiger partial charge is 0.220 e. The van der Waals surface area contributed by atoms with E-state index < -0.39 is 0 Å². The molecule has 0 saturated heterocycles. The van der Waals surface area contributed by atoms with E-state index in [2.05, 4.69) is 24.3 Å². The molecule has 3 aromatic rings. The van der Waals surface area contributed by atoms with Crippen LogP contribution in [0.1, 0.15) is 59.2 Å². The van der Waals surface area contributed by atoms with Crippen LogP contribution < -0.4 is 5.32 Å². The molecule has 0 aromatic heterocycles. The molecule has 0 atom stereocenters. The fourth-order valence-corrected chi connectivity index (χ4v) is 5.26. The third kappa shape index (κ3) is 6.27. The summed E-state index contributed by atoms with van der Waals surface area (Å²) in [5.74, 6) is -0.126. The Morgan fingerprint density at radius 1 is 0.917 bits per heavy atom. The average Bonchev–Trinajstić information content (AvgIpc) is 2.90. The van der Waals surface area contributed by atoms with Crippen LogP contribution in [0.3, 0.4) is 0 Å². The largest absolute Gasteiger partial charge is 0.353 e. The van der Waals surface area contributed by atoms with E-state index in [0.29, 0.717) is 30.4 Å². The van der Waals surface area contributed by atoms with Crippen molar-refractivity contribution >= 4 is 11.7 Å². The first kappa shape index (κ1) is 25.8. The molecule has 3 aromatic carbocycles. The first-order chi connectivity index (χ1) is 17.4. The van der Waals surface area contributed by atoms with Gasteiger partial charge in [0.15, 0.2) is 5.78 Å². The highest BCUT2D eigenvalue weighted by Gasteiger charge is 2.38. The van der Waals surface area contributed by atoms with Crippen LogP contribution in [0, 0.1) is 5.82 Å². The van der Waals surface area contributed by atoms with E-state index in [4.69, 9.17) is 0 Å². The summed E-state index contributed by atoms with van der Waals surface area (Å²) in [4.78, 5) is 27.7. The van der Waals surface area contributed by atoms with E-state index in [0.717, 1.165) is 36.8 Å². The van der Waals surface area contributed by atoms with Crippen molar-refractivity contribution in [2.24, 2.45) is 0 Å². The molecule has 0 bridgehead atoms. The summed E-state index contributed by atoms with van der Waals surface area (Å²) in [7, 11) is 4.13. The zero-order valence-corrected chi connectivity index (χ0v) is 21.2. The number of ketones is 1. The molecule has 1 fully saturated rings. The number of benzene rings is 3. The molecule has 188 valence electrons. The van der Waals surface area contributed by atoms with Gasteiger partial charge in [-0.1, -0.05) is 66.7 Å². The predicted octanol–water partition coefficient (Wildman–Crippen LogP) is 5.59. The second-order valence-corrected chi connectivity index (χ2v) is 10.1. The molecule has 1 amide bonds. The van der Waals surface area contributed by atoms with Crippen LogP contribution in [0.4, 0.5) is 4.39 Å². The molecular weight excluding hydrogens is 451 g/mol. The maximum absolute atomic E-state index is 14.3. The van der Waals surface area contributed by atoms with E-state index >= 15 is 0 Å². The summed E-state index contributed by atoms with van der Waals surface area (Å²) < 4.78 is 14.3. The van der Waals surface area contributed by atoms with Gasteiger partial charge in [0.05, 0.1) is 0 Å². The number of hydrogen-bond acceptors (Lipinski definition) is 3. The maximum atomic E-state index is 14.3. The third-order valence-corrected chi connectivity index (χ3v) is 7.57.